The van der Waals surface area contributed by atoms with Crippen molar-refractivity contribution in [3.8, 4) is 0 Å². The number of carbonyl (C=O) groups is 1. The van der Waals surface area contributed by atoms with E-state index in [-0.39, 0.29) is 11.8 Å². The summed E-state index contributed by atoms with van der Waals surface area (Å²) in [7, 11) is 0. The zero-order valence-corrected chi connectivity index (χ0v) is 11.7. The van der Waals surface area contributed by atoms with Gasteiger partial charge in [0, 0.05) is 22.6 Å². The number of hydrogen-bond acceptors (Lipinski definition) is 3. The van der Waals surface area contributed by atoms with Gasteiger partial charge in [-0.05, 0) is 38.7 Å². The molecule has 3 rings (SSSR count). The van der Waals surface area contributed by atoms with Crippen molar-refractivity contribution in [2.45, 2.75) is 51.7 Å². The van der Waals surface area contributed by atoms with Gasteiger partial charge >= 0.3 is 0 Å². The van der Waals surface area contributed by atoms with E-state index >= 15 is 0 Å². The Morgan fingerprint density at radius 2 is 2.11 bits per heavy atom. The highest BCUT2D eigenvalue weighted by Crippen LogP contribution is 2.54. The number of rotatable bonds is 0. The molecular formula is C15H21NO3. The Morgan fingerprint density at radius 1 is 1.42 bits per heavy atom. The lowest BCUT2D eigenvalue weighted by Gasteiger charge is -2.53. The number of aliphatic hydroxyl groups is 2. The van der Waals surface area contributed by atoms with Crippen LogP contribution in [0.15, 0.2) is 22.9 Å². The van der Waals surface area contributed by atoms with Crippen LogP contribution in [0.2, 0.25) is 0 Å². The van der Waals surface area contributed by atoms with Gasteiger partial charge in [-0.1, -0.05) is 13.0 Å². The Hall–Kier alpha value is -1.13. The summed E-state index contributed by atoms with van der Waals surface area (Å²) < 4.78 is 0. The minimum absolute atomic E-state index is 0.0508. The van der Waals surface area contributed by atoms with Crippen LogP contribution >= 0.6 is 0 Å². The normalized spacial score (nSPS) is 45.5. The van der Waals surface area contributed by atoms with Crippen LogP contribution in [0.25, 0.3) is 0 Å². The maximum absolute atomic E-state index is 11.8. The van der Waals surface area contributed by atoms with E-state index in [1.807, 2.05) is 26.8 Å². The highest BCUT2D eigenvalue weighted by molar-refractivity contribution is 5.99. The Balaban J connectivity index is 2.13. The molecule has 1 saturated carbocycles. The third-order valence-electron chi connectivity index (χ3n) is 5.37. The smallest absolute Gasteiger partial charge is 0.251 e. The predicted octanol–water partition coefficient (Wildman–Crippen LogP) is 1.25. The molecule has 0 radical (unpaired) electrons. The maximum atomic E-state index is 11.8. The molecule has 1 amide bonds. The van der Waals surface area contributed by atoms with Crippen molar-refractivity contribution in [3.05, 3.63) is 22.9 Å². The molecule has 0 unspecified atom stereocenters. The summed E-state index contributed by atoms with van der Waals surface area (Å²) >= 11 is 0. The molecule has 4 atom stereocenters. The summed E-state index contributed by atoms with van der Waals surface area (Å²) in [6, 6.07) is 0. The summed E-state index contributed by atoms with van der Waals surface area (Å²) in [6.45, 7) is 5.66. The van der Waals surface area contributed by atoms with Crippen LogP contribution in [0.3, 0.4) is 0 Å². The molecule has 1 aliphatic heterocycles. The minimum Gasteiger partial charge on any atom is -0.392 e. The zero-order valence-electron chi connectivity index (χ0n) is 11.7. The molecule has 104 valence electrons. The SMILES string of the molecule is CC1=C2C[C@@H]3[C@@](C)(C=C2NC1=O)[C@H](O)CC[C@]3(C)O. The fraction of sp³-hybridized carbons (Fsp3) is 0.667. The first kappa shape index (κ1) is 12.9. The van der Waals surface area contributed by atoms with Crippen molar-refractivity contribution < 1.29 is 15.0 Å². The lowest BCUT2D eigenvalue weighted by Crippen LogP contribution is -2.55. The van der Waals surface area contributed by atoms with Crippen LogP contribution in [0, 0.1) is 11.3 Å². The molecular weight excluding hydrogens is 242 g/mol. The number of carbonyl (C=O) groups excluding carboxylic acids is 1. The molecule has 0 aromatic heterocycles. The number of nitrogens with one attached hydrogen (secondary N) is 1. The summed E-state index contributed by atoms with van der Waals surface area (Å²) in [6.07, 6.45) is 3.34. The lowest BCUT2D eigenvalue weighted by atomic mass is 9.55. The van der Waals surface area contributed by atoms with Gasteiger partial charge in [0.15, 0.2) is 0 Å². The number of allylic oxidation sites excluding steroid dienone is 1. The van der Waals surface area contributed by atoms with Crippen molar-refractivity contribution in [1.82, 2.24) is 5.32 Å². The average Bonchev–Trinajstić information content (AvgIpc) is 2.59. The summed E-state index contributed by atoms with van der Waals surface area (Å²) in [5.74, 6) is -0.109. The van der Waals surface area contributed by atoms with Gasteiger partial charge in [-0.25, -0.2) is 0 Å². The number of hydrogen-bond donors (Lipinski definition) is 3. The van der Waals surface area contributed by atoms with Crippen molar-refractivity contribution >= 4 is 5.91 Å². The van der Waals surface area contributed by atoms with Gasteiger partial charge in [-0.2, -0.15) is 0 Å². The third-order valence-corrected chi connectivity index (χ3v) is 5.37. The molecule has 0 spiro atoms. The van der Waals surface area contributed by atoms with Crippen LogP contribution in [0.1, 0.15) is 40.0 Å². The quantitative estimate of drug-likeness (QED) is 0.616. The molecule has 0 aromatic carbocycles. The van der Waals surface area contributed by atoms with Crippen LogP contribution in [-0.2, 0) is 4.79 Å². The Kier molecular flexibility index (Phi) is 2.51. The standard InChI is InChI=1S/C15H21NO3/c1-8-9-6-11-14(2,7-10(9)16-13(8)18)12(17)4-5-15(11,3)19/h7,11-12,17,19H,4-6H2,1-3H3,(H,16,18)/t11-,12-,14-,15+/m1/s1. The summed E-state index contributed by atoms with van der Waals surface area (Å²) in [5.41, 5.74) is 1.30. The van der Waals surface area contributed by atoms with Crippen LogP contribution in [0.5, 0.6) is 0 Å². The molecule has 4 heteroatoms. The second-order valence-electron chi connectivity index (χ2n) is 6.65. The van der Waals surface area contributed by atoms with E-state index in [4.69, 9.17) is 0 Å². The van der Waals surface area contributed by atoms with E-state index in [1.54, 1.807) is 0 Å². The van der Waals surface area contributed by atoms with Gasteiger partial charge in [0.1, 0.15) is 0 Å². The van der Waals surface area contributed by atoms with Gasteiger partial charge in [-0.15, -0.1) is 0 Å². The Bertz CT molecular complexity index is 517. The summed E-state index contributed by atoms with van der Waals surface area (Å²) in [5, 5.41) is 23.9. The zero-order chi connectivity index (χ0) is 14.0. The minimum atomic E-state index is -0.797. The van der Waals surface area contributed by atoms with Crippen molar-refractivity contribution in [3.63, 3.8) is 0 Å². The van der Waals surface area contributed by atoms with Crippen LogP contribution in [-0.4, -0.2) is 27.8 Å². The van der Waals surface area contributed by atoms with E-state index in [9.17, 15) is 15.0 Å². The second kappa shape index (κ2) is 3.70. The predicted molar refractivity (Wildman–Crippen MR) is 71.0 cm³/mol. The number of fused-ring (bicyclic) bond motifs is 2. The first-order valence-corrected chi connectivity index (χ1v) is 6.90. The second-order valence-corrected chi connectivity index (χ2v) is 6.65. The number of amides is 1. The fourth-order valence-corrected chi connectivity index (χ4v) is 3.98. The first-order chi connectivity index (χ1) is 8.75. The van der Waals surface area contributed by atoms with E-state index in [0.29, 0.717) is 19.3 Å². The molecule has 3 N–H and O–H groups in total. The first-order valence-electron chi connectivity index (χ1n) is 6.90. The number of aliphatic hydroxyl groups excluding tert-OH is 1. The van der Waals surface area contributed by atoms with Gasteiger partial charge in [0.2, 0.25) is 0 Å². The lowest BCUT2D eigenvalue weighted by molar-refractivity contribution is -0.132. The van der Waals surface area contributed by atoms with E-state index in [2.05, 4.69) is 5.32 Å². The highest BCUT2D eigenvalue weighted by Gasteiger charge is 2.54. The highest BCUT2D eigenvalue weighted by atomic mass is 16.3. The van der Waals surface area contributed by atoms with Crippen molar-refractivity contribution in [2.75, 3.05) is 0 Å². The van der Waals surface area contributed by atoms with E-state index in [1.165, 1.54) is 0 Å². The molecule has 0 bridgehead atoms. The third kappa shape index (κ3) is 1.63. The maximum Gasteiger partial charge on any atom is 0.251 e. The van der Waals surface area contributed by atoms with Crippen LogP contribution < -0.4 is 5.32 Å². The van der Waals surface area contributed by atoms with Crippen molar-refractivity contribution in [2.24, 2.45) is 11.3 Å². The fourth-order valence-electron chi connectivity index (χ4n) is 3.98. The van der Waals surface area contributed by atoms with Crippen LogP contribution in [0.4, 0.5) is 0 Å². The van der Waals surface area contributed by atoms with Gasteiger partial charge in [-0.3, -0.25) is 4.79 Å². The average molecular weight is 263 g/mol. The Morgan fingerprint density at radius 3 is 2.79 bits per heavy atom. The van der Waals surface area contributed by atoms with E-state index in [0.717, 1.165) is 16.8 Å². The molecule has 2 aliphatic carbocycles. The monoisotopic (exact) mass is 263 g/mol. The molecule has 19 heavy (non-hydrogen) atoms. The molecule has 1 fully saturated rings. The molecule has 4 nitrogen and oxygen atoms in total. The molecule has 3 aliphatic rings. The van der Waals surface area contributed by atoms with Gasteiger partial charge in [0.05, 0.1) is 11.7 Å². The van der Waals surface area contributed by atoms with E-state index < -0.39 is 17.1 Å². The topological polar surface area (TPSA) is 69.6 Å². The molecule has 1 heterocycles. The molecule has 0 saturated heterocycles. The molecule has 0 aromatic rings. The Labute approximate surface area is 113 Å². The van der Waals surface area contributed by atoms with Crippen molar-refractivity contribution in [1.29, 1.82) is 0 Å². The largest absolute Gasteiger partial charge is 0.392 e. The summed E-state index contributed by atoms with van der Waals surface area (Å²) in [4.78, 5) is 11.8. The van der Waals surface area contributed by atoms with Gasteiger partial charge in [0.25, 0.3) is 5.91 Å². The van der Waals surface area contributed by atoms with Gasteiger partial charge < -0.3 is 15.5 Å².